The first-order valence-corrected chi connectivity index (χ1v) is 17.9. The van der Waals surface area contributed by atoms with Crippen LogP contribution in [-0.4, -0.2) is 35.6 Å². The summed E-state index contributed by atoms with van der Waals surface area (Å²) in [4.78, 5) is 34.5. The van der Waals surface area contributed by atoms with Crippen molar-refractivity contribution < 1.29 is 24.2 Å². The zero-order valence-corrected chi connectivity index (χ0v) is 28.7. The molecule has 0 spiro atoms. The summed E-state index contributed by atoms with van der Waals surface area (Å²) in [5.74, 6) is -1.35. The first-order chi connectivity index (χ1) is 22.0. The fraction of sp³-hybridized carbons (Fsp3) is 0.667. The van der Waals surface area contributed by atoms with Gasteiger partial charge in [-0.25, -0.2) is 0 Å². The number of rotatable bonds is 31. The van der Waals surface area contributed by atoms with E-state index in [1.54, 1.807) is 0 Å². The topological polar surface area (TPSA) is 92.7 Å². The molecular weight excluding hydrogens is 562 g/mol. The van der Waals surface area contributed by atoms with Crippen molar-refractivity contribution in [2.24, 2.45) is 0 Å². The molecule has 2 N–H and O–H groups in total. The second-order valence-electron chi connectivity index (χ2n) is 11.7. The number of amides is 1. The van der Waals surface area contributed by atoms with Gasteiger partial charge in [0.2, 0.25) is 5.91 Å². The maximum absolute atomic E-state index is 12.4. The Balaban J connectivity index is 3.73. The highest BCUT2D eigenvalue weighted by Crippen LogP contribution is 2.16. The van der Waals surface area contributed by atoms with E-state index in [-0.39, 0.29) is 24.5 Å². The molecule has 0 aromatic rings. The number of esters is 1. The molecule has 0 saturated carbocycles. The Morgan fingerprint density at radius 1 is 0.600 bits per heavy atom. The molecule has 0 aliphatic rings. The molecule has 256 valence electrons. The number of hydrogen-bond donors (Lipinski definition) is 2. The second kappa shape index (κ2) is 34.0. The average Bonchev–Trinajstić information content (AvgIpc) is 3.02. The largest absolute Gasteiger partial charge is 0.480 e. The number of aliphatic carboxylic acids is 1. The molecule has 0 saturated heterocycles. The number of carboxylic acids is 1. The highest BCUT2D eigenvalue weighted by atomic mass is 16.5. The lowest BCUT2D eigenvalue weighted by Gasteiger charge is -2.18. The minimum absolute atomic E-state index is 0.0405. The third kappa shape index (κ3) is 33.8. The van der Waals surface area contributed by atoms with Crippen molar-refractivity contribution in [3.63, 3.8) is 0 Å². The van der Waals surface area contributed by atoms with E-state index in [2.05, 4.69) is 79.9 Å². The highest BCUT2D eigenvalue weighted by molar-refractivity contribution is 5.80. The van der Waals surface area contributed by atoms with Crippen molar-refractivity contribution in [1.82, 2.24) is 5.32 Å². The van der Waals surface area contributed by atoms with Crippen LogP contribution in [-0.2, 0) is 19.1 Å². The van der Waals surface area contributed by atoms with E-state index >= 15 is 0 Å². The molecule has 0 bridgehead atoms. The van der Waals surface area contributed by atoms with E-state index in [1.165, 1.54) is 32.1 Å². The van der Waals surface area contributed by atoms with Crippen molar-refractivity contribution >= 4 is 17.8 Å². The maximum Gasteiger partial charge on any atom is 0.322 e. The Morgan fingerprint density at radius 3 is 1.67 bits per heavy atom. The molecule has 0 radical (unpaired) electrons. The van der Waals surface area contributed by atoms with Crippen LogP contribution in [0.25, 0.3) is 0 Å². The van der Waals surface area contributed by atoms with E-state index in [0.717, 1.165) is 89.9 Å². The summed E-state index contributed by atoms with van der Waals surface area (Å²) in [5.41, 5.74) is 0. The van der Waals surface area contributed by atoms with Crippen LogP contribution < -0.4 is 5.32 Å². The minimum atomic E-state index is -1.03. The van der Waals surface area contributed by atoms with Crippen LogP contribution in [0.2, 0.25) is 0 Å². The number of nitrogens with one attached hydrogen (secondary N) is 1. The predicted molar refractivity (Wildman–Crippen MR) is 189 cm³/mol. The van der Waals surface area contributed by atoms with Gasteiger partial charge in [-0.05, 0) is 77.0 Å². The number of carboxylic acid groups (broad SMARTS) is 1. The Labute approximate surface area is 275 Å². The minimum Gasteiger partial charge on any atom is -0.480 e. The van der Waals surface area contributed by atoms with E-state index in [0.29, 0.717) is 19.3 Å². The standard InChI is InChI=1S/C39H65NO5/c1-3-5-7-8-9-10-11-12-13-14-15-16-17-18-19-20-21-22-23-24-25-26-30-34-39(44)45-36(31-6-4-2)32-28-27-29-33-37(41)40-35-38(42)43/h5,7,9-10,12-13,15-16,18-19,36H,3-4,6,8,11,14,17,20-35H2,1-2H3,(H,40,41)(H,42,43)/b7-5-,10-9-,13-12-,16-15-,19-18-. The fourth-order valence-corrected chi connectivity index (χ4v) is 4.82. The van der Waals surface area contributed by atoms with Crippen LogP contribution in [0.1, 0.15) is 155 Å². The number of hydrogen-bond acceptors (Lipinski definition) is 4. The lowest BCUT2D eigenvalue weighted by atomic mass is 10.0. The summed E-state index contributed by atoms with van der Waals surface area (Å²) in [6, 6.07) is 0. The van der Waals surface area contributed by atoms with Crippen molar-refractivity contribution in [1.29, 1.82) is 0 Å². The van der Waals surface area contributed by atoms with Gasteiger partial charge in [-0.3, -0.25) is 14.4 Å². The molecular formula is C39H65NO5. The van der Waals surface area contributed by atoms with Gasteiger partial charge in [0, 0.05) is 12.8 Å². The van der Waals surface area contributed by atoms with Crippen LogP contribution in [0.3, 0.4) is 0 Å². The molecule has 0 aliphatic carbocycles. The first-order valence-electron chi connectivity index (χ1n) is 17.9. The van der Waals surface area contributed by atoms with Crippen LogP contribution in [0.15, 0.2) is 60.8 Å². The number of carbonyl (C=O) groups excluding carboxylic acids is 2. The Morgan fingerprint density at radius 2 is 1.09 bits per heavy atom. The second-order valence-corrected chi connectivity index (χ2v) is 11.7. The zero-order valence-electron chi connectivity index (χ0n) is 28.7. The number of ether oxygens (including phenoxy) is 1. The van der Waals surface area contributed by atoms with Crippen molar-refractivity contribution in [3.05, 3.63) is 60.8 Å². The van der Waals surface area contributed by atoms with E-state index in [1.807, 2.05) is 0 Å². The lowest BCUT2D eigenvalue weighted by molar-refractivity contribution is -0.150. The molecule has 1 amide bonds. The van der Waals surface area contributed by atoms with Crippen molar-refractivity contribution in [2.75, 3.05) is 6.54 Å². The third-order valence-electron chi connectivity index (χ3n) is 7.45. The van der Waals surface area contributed by atoms with Crippen LogP contribution >= 0.6 is 0 Å². The van der Waals surface area contributed by atoms with E-state index < -0.39 is 5.97 Å². The van der Waals surface area contributed by atoms with Gasteiger partial charge in [0.05, 0.1) is 0 Å². The highest BCUT2D eigenvalue weighted by Gasteiger charge is 2.14. The van der Waals surface area contributed by atoms with Crippen LogP contribution in [0.4, 0.5) is 0 Å². The molecule has 0 fully saturated rings. The van der Waals surface area contributed by atoms with Gasteiger partial charge in [-0.15, -0.1) is 0 Å². The van der Waals surface area contributed by atoms with Gasteiger partial charge in [-0.2, -0.15) is 0 Å². The summed E-state index contributed by atoms with van der Waals surface area (Å²) in [7, 11) is 0. The Kier molecular flexibility index (Phi) is 31.8. The SMILES string of the molecule is CC/C=C\C/C=C\C/C=C\C/C=C\C/C=C\CCCCCCCCCC(=O)OC(CCCC)CCCCCC(=O)NCC(=O)O. The summed E-state index contributed by atoms with van der Waals surface area (Å²) in [6.45, 7) is 3.96. The molecule has 0 aromatic carbocycles. The fourth-order valence-electron chi connectivity index (χ4n) is 4.82. The normalized spacial score (nSPS) is 12.8. The molecule has 1 atom stereocenters. The summed E-state index contributed by atoms with van der Waals surface area (Å²) >= 11 is 0. The van der Waals surface area contributed by atoms with Gasteiger partial charge >= 0.3 is 11.9 Å². The molecule has 6 heteroatoms. The Hall–Kier alpha value is -2.89. The lowest BCUT2D eigenvalue weighted by Crippen LogP contribution is -2.28. The molecule has 0 heterocycles. The summed E-state index contributed by atoms with van der Waals surface area (Å²) in [6.07, 6.45) is 43.9. The number of allylic oxidation sites excluding steroid dienone is 10. The molecule has 1 unspecified atom stereocenters. The maximum atomic E-state index is 12.4. The van der Waals surface area contributed by atoms with E-state index in [9.17, 15) is 14.4 Å². The van der Waals surface area contributed by atoms with E-state index in [4.69, 9.17) is 9.84 Å². The van der Waals surface area contributed by atoms with Gasteiger partial charge in [0.15, 0.2) is 0 Å². The van der Waals surface area contributed by atoms with Crippen LogP contribution in [0.5, 0.6) is 0 Å². The van der Waals surface area contributed by atoms with Gasteiger partial charge in [0.1, 0.15) is 12.6 Å². The predicted octanol–water partition coefficient (Wildman–Crippen LogP) is 10.5. The van der Waals surface area contributed by atoms with Gasteiger partial charge in [-0.1, -0.05) is 126 Å². The van der Waals surface area contributed by atoms with Crippen molar-refractivity contribution in [3.8, 4) is 0 Å². The first kappa shape index (κ1) is 42.1. The van der Waals surface area contributed by atoms with Crippen LogP contribution in [0, 0.1) is 0 Å². The van der Waals surface area contributed by atoms with Gasteiger partial charge < -0.3 is 15.2 Å². The molecule has 45 heavy (non-hydrogen) atoms. The van der Waals surface area contributed by atoms with Crippen molar-refractivity contribution in [2.45, 2.75) is 161 Å². The monoisotopic (exact) mass is 627 g/mol. The quantitative estimate of drug-likeness (QED) is 0.0453. The third-order valence-corrected chi connectivity index (χ3v) is 7.45. The summed E-state index contributed by atoms with van der Waals surface area (Å²) < 4.78 is 5.79. The Bertz CT molecular complexity index is 871. The number of carbonyl (C=O) groups is 3. The molecule has 6 nitrogen and oxygen atoms in total. The molecule has 0 rings (SSSR count). The molecule has 0 aliphatic heterocycles. The average molecular weight is 628 g/mol. The van der Waals surface area contributed by atoms with Gasteiger partial charge in [0.25, 0.3) is 0 Å². The molecule has 0 aromatic heterocycles. The summed E-state index contributed by atoms with van der Waals surface area (Å²) in [5, 5.41) is 11.0. The smallest absolute Gasteiger partial charge is 0.322 e. The zero-order chi connectivity index (χ0) is 33.1. The number of unbranched alkanes of at least 4 members (excludes halogenated alkanes) is 10.